The topological polar surface area (TPSA) is 70.5 Å². The summed E-state index contributed by atoms with van der Waals surface area (Å²) in [7, 11) is 0. The largest absolute Gasteiger partial charge is 0.490 e. The molecule has 0 heterocycles. The highest BCUT2D eigenvalue weighted by molar-refractivity contribution is 5.71. The monoisotopic (exact) mass is 400 g/mol. The molecular formula is C26H28N2O2. The van der Waals surface area contributed by atoms with Crippen molar-refractivity contribution in [1.29, 1.82) is 0 Å². The molecule has 154 valence electrons. The Labute approximate surface area is 178 Å². The van der Waals surface area contributed by atoms with Crippen LogP contribution in [-0.2, 0) is 0 Å². The van der Waals surface area contributed by atoms with E-state index in [1.807, 2.05) is 86.7 Å². The first-order valence-electron chi connectivity index (χ1n) is 10.2. The van der Waals surface area contributed by atoms with Crippen molar-refractivity contribution in [3.63, 3.8) is 0 Å². The third-order valence-corrected chi connectivity index (χ3v) is 5.23. The zero-order valence-electron chi connectivity index (χ0n) is 17.5. The maximum atomic E-state index is 6.18. The Kier molecular flexibility index (Phi) is 5.37. The molecule has 0 bridgehead atoms. The van der Waals surface area contributed by atoms with E-state index < -0.39 is 11.1 Å². The van der Waals surface area contributed by atoms with Crippen molar-refractivity contribution < 1.29 is 9.47 Å². The van der Waals surface area contributed by atoms with Crippen LogP contribution >= 0.6 is 0 Å². The van der Waals surface area contributed by atoms with Crippen molar-refractivity contribution in [2.24, 2.45) is 11.5 Å². The molecule has 2 atom stereocenters. The minimum atomic E-state index is -0.435. The Balaban J connectivity index is 1.35. The van der Waals surface area contributed by atoms with Gasteiger partial charge in [-0.1, -0.05) is 60.7 Å². The molecule has 4 rings (SSSR count). The molecule has 0 saturated heterocycles. The molecule has 2 aliphatic carbocycles. The van der Waals surface area contributed by atoms with Gasteiger partial charge in [-0.05, 0) is 60.4 Å². The molecule has 2 aliphatic rings. The summed E-state index contributed by atoms with van der Waals surface area (Å²) in [5.74, 6) is 1.63. The van der Waals surface area contributed by atoms with Crippen molar-refractivity contribution in [2.75, 3.05) is 13.2 Å². The summed E-state index contributed by atoms with van der Waals surface area (Å²) in [6.45, 7) is 4.87. The van der Waals surface area contributed by atoms with Crippen LogP contribution in [0.1, 0.15) is 36.1 Å². The highest BCUT2D eigenvalue weighted by Crippen LogP contribution is 2.26. The molecule has 0 radical (unpaired) electrons. The van der Waals surface area contributed by atoms with Crippen LogP contribution in [0, 0.1) is 0 Å². The summed E-state index contributed by atoms with van der Waals surface area (Å²) in [6.07, 6.45) is 16.2. The SMILES string of the molecule is CC1(N)C=Cc2ccc(OCCOc3ccc4c(c3)C=CC(C)(N)C=C4)cc2C=C1. The lowest BCUT2D eigenvalue weighted by Crippen LogP contribution is -2.30. The first-order valence-corrected chi connectivity index (χ1v) is 10.2. The Morgan fingerprint density at radius 1 is 0.600 bits per heavy atom. The fourth-order valence-electron chi connectivity index (χ4n) is 3.38. The van der Waals surface area contributed by atoms with Gasteiger partial charge in [0.25, 0.3) is 0 Å². The Bertz CT molecular complexity index is 973. The van der Waals surface area contributed by atoms with Crippen LogP contribution in [0.3, 0.4) is 0 Å². The number of ether oxygens (including phenoxy) is 2. The van der Waals surface area contributed by atoms with Gasteiger partial charge in [0.2, 0.25) is 0 Å². The van der Waals surface area contributed by atoms with Crippen LogP contribution < -0.4 is 20.9 Å². The highest BCUT2D eigenvalue weighted by atomic mass is 16.5. The third kappa shape index (κ3) is 4.90. The summed E-state index contributed by atoms with van der Waals surface area (Å²) < 4.78 is 11.8. The van der Waals surface area contributed by atoms with Gasteiger partial charge in [0.05, 0.1) is 11.1 Å². The molecule has 0 aromatic heterocycles. The third-order valence-electron chi connectivity index (χ3n) is 5.23. The molecule has 2 unspecified atom stereocenters. The second-order valence-electron chi connectivity index (χ2n) is 8.34. The number of hydrogen-bond acceptors (Lipinski definition) is 4. The van der Waals surface area contributed by atoms with Gasteiger partial charge in [-0.25, -0.2) is 0 Å². The number of fused-ring (bicyclic) bond motifs is 2. The summed E-state index contributed by atoms with van der Waals surface area (Å²) in [5.41, 5.74) is 15.9. The maximum Gasteiger partial charge on any atom is 0.122 e. The molecular weight excluding hydrogens is 372 g/mol. The van der Waals surface area contributed by atoms with Crippen LogP contribution in [0.4, 0.5) is 0 Å². The van der Waals surface area contributed by atoms with E-state index in [9.17, 15) is 0 Å². The number of benzene rings is 2. The van der Waals surface area contributed by atoms with Crippen molar-refractivity contribution in [1.82, 2.24) is 0 Å². The van der Waals surface area contributed by atoms with E-state index in [4.69, 9.17) is 20.9 Å². The molecule has 4 heteroatoms. The zero-order chi connectivity index (χ0) is 21.2. The van der Waals surface area contributed by atoms with Gasteiger partial charge in [-0.3, -0.25) is 0 Å². The minimum Gasteiger partial charge on any atom is -0.490 e. The van der Waals surface area contributed by atoms with Crippen LogP contribution in [0.25, 0.3) is 24.3 Å². The fourth-order valence-corrected chi connectivity index (χ4v) is 3.38. The van der Waals surface area contributed by atoms with Gasteiger partial charge in [0.15, 0.2) is 0 Å². The highest BCUT2D eigenvalue weighted by Gasteiger charge is 2.14. The molecule has 0 fully saturated rings. The predicted molar refractivity (Wildman–Crippen MR) is 125 cm³/mol. The van der Waals surface area contributed by atoms with Crippen molar-refractivity contribution >= 4 is 24.3 Å². The van der Waals surface area contributed by atoms with Crippen LogP contribution in [0.5, 0.6) is 11.5 Å². The fraction of sp³-hybridized carbons (Fsp3) is 0.231. The summed E-state index contributed by atoms with van der Waals surface area (Å²) in [5, 5.41) is 0. The molecule has 0 aliphatic heterocycles. The lowest BCUT2D eigenvalue weighted by Gasteiger charge is -2.12. The molecule has 2 aromatic carbocycles. The predicted octanol–water partition coefficient (Wildman–Crippen LogP) is 4.66. The zero-order valence-corrected chi connectivity index (χ0v) is 17.5. The molecule has 30 heavy (non-hydrogen) atoms. The van der Waals surface area contributed by atoms with E-state index >= 15 is 0 Å². The second-order valence-corrected chi connectivity index (χ2v) is 8.34. The number of rotatable bonds is 5. The molecule has 0 amide bonds. The first kappa shape index (κ1) is 20.2. The van der Waals surface area contributed by atoms with E-state index in [0.29, 0.717) is 13.2 Å². The van der Waals surface area contributed by atoms with E-state index in [1.165, 1.54) is 0 Å². The second kappa shape index (κ2) is 7.98. The molecule has 0 spiro atoms. The number of nitrogens with two attached hydrogens (primary N) is 2. The van der Waals surface area contributed by atoms with Gasteiger partial charge < -0.3 is 20.9 Å². The molecule has 0 saturated carbocycles. The smallest absolute Gasteiger partial charge is 0.122 e. The van der Waals surface area contributed by atoms with E-state index in [2.05, 4.69) is 12.2 Å². The lowest BCUT2D eigenvalue weighted by molar-refractivity contribution is 0.217. The minimum absolute atomic E-state index is 0.435. The Morgan fingerprint density at radius 2 is 0.967 bits per heavy atom. The Hall–Kier alpha value is -3.08. The van der Waals surface area contributed by atoms with Crippen LogP contribution in [0.15, 0.2) is 60.7 Å². The summed E-state index contributed by atoms with van der Waals surface area (Å²) in [6, 6.07) is 12.1. The van der Waals surface area contributed by atoms with Crippen LogP contribution in [-0.4, -0.2) is 24.3 Å². The molecule has 4 nitrogen and oxygen atoms in total. The van der Waals surface area contributed by atoms with Crippen molar-refractivity contribution in [2.45, 2.75) is 24.9 Å². The number of hydrogen-bond donors (Lipinski definition) is 2. The van der Waals surface area contributed by atoms with Gasteiger partial charge in [-0.15, -0.1) is 0 Å². The standard InChI is InChI=1S/C26H28N2O2/c1-25(27)11-7-19-3-5-23(17-21(19)9-13-25)29-15-16-30-24-6-4-20-8-12-26(2,28)14-10-22(20)18-24/h3-14,17-18H,15-16,27-28H2,1-2H3. The lowest BCUT2D eigenvalue weighted by atomic mass is 10.0. The van der Waals surface area contributed by atoms with Gasteiger partial charge in [0.1, 0.15) is 24.7 Å². The van der Waals surface area contributed by atoms with Gasteiger partial charge >= 0.3 is 0 Å². The normalized spacial score (nSPS) is 24.0. The first-order chi connectivity index (χ1) is 14.3. The van der Waals surface area contributed by atoms with Crippen LogP contribution in [0.2, 0.25) is 0 Å². The molecule has 4 N–H and O–H groups in total. The average molecular weight is 401 g/mol. The van der Waals surface area contributed by atoms with Crippen molar-refractivity contribution in [3.8, 4) is 11.5 Å². The van der Waals surface area contributed by atoms with E-state index in [1.54, 1.807) is 0 Å². The van der Waals surface area contributed by atoms with E-state index in [0.717, 1.165) is 33.8 Å². The average Bonchev–Trinajstić information content (AvgIpc) is 2.96. The quantitative estimate of drug-likeness (QED) is 0.716. The van der Waals surface area contributed by atoms with E-state index in [-0.39, 0.29) is 0 Å². The summed E-state index contributed by atoms with van der Waals surface area (Å²) >= 11 is 0. The summed E-state index contributed by atoms with van der Waals surface area (Å²) in [4.78, 5) is 0. The Morgan fingerprint density at radius 3 is 1.37 bits per heavy atom. The maximum absolute atomic E-state index is 6.18. The van der Waals surface area contributed by atoms with Gasteiger partial charge in [0, 0.05) is 0 Å². The van der Waals surface area contributed by atoms with Gasteiger partial charge in [-0.2, -0.15) is 0 Å². The van der Waals surface area contributed by atoms with Crippen molar-refractivity contribution in [3.05, 3.63) is 83.0 Å². The molecule has 2 aromatic rings.